The van der Waals surface area contributed by atoms with Crippen molar-refractivity contribution in [1.29, 1.82) is 0 Å². The molecule has 2 heteroatoms. The van der Waals surface area contributed by atoms with Crippen LogP contribution in [0.4, 0.5) is 5.69 Å². The minimum absolute atomic E-state index is 0.559. The first-order valence-corrected chi connectivity index (χ1v) is 8.26. The zero-order chi connectivity index (χ0) is 15.4. The minimum atomic E-state index is 0.559. The highest BCUT2D eigenvalue weighted by Crippen LogP contribution is 2.33. The van der Waals surface area contributed by atoms with Crippen molar-refractivity contribution in [2.45, 2.75) is 38.6 Å². The molecule has 0 unspecified atom stereocenters. The average Bonchev–Trinajstić information content (AvgIpc) is 2.56. The van der Waals surface area contributed by atoms with Crippen molar-refractivity contribution in [3.8, 4) is 16.9 Å². The fourth-order valence-corrected chi connectivity index (χ4v) is 3.42. The van der Waals surface area contributed by atoms with Crippen LogP contribution in [0.5, 0.6) is 5.75 Å². The van der Waals surface area contributed by atoms with Crippen LogP contribution in [-0.4, -0.2) is 13.2 Å². The molecule has 0 saturated heterocycles. The van der Waals surface area contributed by atoms with Crippen molar-refractivity contribution < 1.29 is 4.74 Å². The monoisotopic (exact) mass is 295 g/mol. The van der Waals surface area contributed by atoms with Crippen molar-refractivity contribution in [2.24, 2.45) is 5.92 Å². The van der Waals surface area contributed by atoms with E-state index in [1.165, 1.54) is 36.8 Å². The van der Waals surface area contributed by atoms with Gasteiger partial charge in [0.2, 0.25) is 0 Å². The molecule has 0 spiro atoms. The average molecular weight is 295 g/mol. The van der Waals surface area contributed by atoms with Gasteiger partial charge in [0.1, 0.15) is 5.75 Å². The molecule has 1 fully saturated rings. The third kappa shape index (κ3) is 3.44. The lowest BCUT2D eigenvalue weighted by molar-refractivity contribution is 0.357. The first kappa shape index (κ1) is 15.0. The van der Waals surface area contributed by atoms with Crippen LogP contribution in [0.2, 0.25) is 0 Å². The largest absolute Gasteiger partial charge is 0.495 e. The maximum atomic E-state index is 5.54. The summed E-state index contributed by atoms with van der Waals surface area (Å²) in [5.41, 5.74) is 3.58. The lowest BCUT2D eigenvalue weighted by Gasteiger charge is -2.29. The fraction of sp³-hybridized carbons (Fsp3) is 0.400. The molecule has 0 amide bonds. The van der Waals surface area contributed by atoms with E-state index in [-0.39, 0.29) is 0 Å². The van der Waals surface area contributed by atoms with Gasteiger partial charge in [-0.25, -0.2) is 0 Å². The van der Waals surface area contributed by atoms with Crippen LogP contribution >= 0.6 is 0 Å². The molecule has 0 radical (unpaired) electrons. The maximum Gasteiger partial charge on any atom is 0.141 e. The van der Waals surface area contributed by atoms with Crippen molar-refractivity contribution in [1.82, 2.24) is 0 Å². The van der Waals surface area contributed by atoms with Crippen LogP contribution in [-0.2, 0) is 0 Å². The van der Waals surface area contributed by atoms with Crippen LogP contribution in [0.25, 0.3) is 11.1 Å². The molecule has 2 nitrogen and oxygen atoms in total. The van der Waals surface area contributed by atoms with Crippen molar-refractivity contribution >= 4 is 5.69 Å². The van der Waals surface area contributed by atoms with Gasteiger partial charge in [0.05, 0.1) is 12.8 Å². The summed E-state index contributed by atoms with van der Waals surface area (Å²) < 4.78 is 5.54. The van der Waals surface area contributed by atoms with Gasteiger partial charge in [-0.1, -0.05) is 56.2 Å². The van der Waals surface area contributed by atoms with Crippen molar-refractivity contribution in [2.75, 3.05) is 12.4 Å². The number of methoxy groups -OCH3 is 1. The Hall–Kier alpha value is -1.96. The third-order valence-electron chi connectivity index (χ3n) is 4.60. The lowest BCUT2D eigenvalue weighted by atomic mass is 9.87. The quantitative estimate of drug-likeness (QED) is 0.820. The molecule has 3 rings (SSSR count). The lowest BCUT2D eigenvalue weighted by Crippen LogP contribution is -2.26. The molecule has 0 heterocycles. The van der Waals surface area contributed by atoms with E-state index in [1.54, 1.807) is 7.11 Å². The summed E-state index contributed by atoms with van der Waals surface area (Å²) in [6.45, 7) is 2.35. The molecule has 0 bridgehead atoms. The molecule has 1 aliphatic rings. The van der Waals surface area contributed by atoms with Gasteiger partial charge in [0.15, 0.2) is 0 Å². The Morgan fingerprint density at radius 2 is 1.82 bits per heavy atom. The molecule has 1 saturated carbocycles. The second kappa shape index (κ2) is 6.87. The standard InChI is InChI=1S/C20H25NO/c1-15-7-6-10-18(13-15)21-19-14-17(11-12-20(19)22-2)16-8-4-3-5-9-16/h3-5,8-9,11-12,14-15,18,21H,6-7,10,13H2,1-2H3/t15-,18+/m1/s1. The number of anilines is 1. The summed E-state index contributed by atoms with van der Waals surface area (Å²) in [7, 11) is 1.74. The highest BCUT2D eigenvalue weighted by Gasteiger charge is 2.19. The van der Waals surface area contributed by atoms with E-state index in [1.807, 2.05) is 0 Å². The van der Waals surface area contributed by atoms with Gasteiger partial charge in [-0.05, 0) is 42.0 Å². The van der Waals surface area contributed by atoms with Crippen molar-refractivity contribution in [3.63, 3.8) is 0 Å². The third-order valence-corrected chi connectivity index (χ3v) is 4.60. The van der Waals surface area contributed by atoms with E-state index in [2.05, 4.69) is 60.8 Å². The Balaban J connectivity index is 1.85. The summed E-state index contributed by atoms with van der Waals surface area (Å²) >= 11 is 0. The fourth-order valence-electron chi connectivity index (χ4n) is 3.42. The molecular weight excluding hydrogens is 270 g/mol. The van der Waals surface area contributed by atoms with Gasteiger partial charge in [0.25, 0.3) is 0 Å². The minimum Gasteiger partial charge on any atom is -0.495 e. The van der Waals surface area contributed by atoms with Crippen LogP contribution in [0.15, 0.2) is 48.5 Å². The van der Waals surface area contributed by atoms with Gasteiger partial charge in [-0.3, -0.25) is 0 Å². The summed E-state index contributed by atoms with van der Waals surface area (Å²) in [6.07, 6.45) is 5.18. The first-order valence-electron chi connectivity index (χ1n) is 8.26. The molecule has 2 aromatic carbocycles. The Labute approximate surface area is 133 Å². The SMILES string of the molecule is COc1ccc(-c2ccccc2)cc1N[C@H]1CCC[C@@H](C)C1. The van der Waals surface area contributed by atoms with E-state index < -0.39 is 0 Å². The smallest absolute Gasteiger partial charge is 0.141 e. The summed E-state index contributed by atoms with van der Waals surface area (Å²) in [5.74, 6) is 1.74. The van der Waals surface area contributed by atoms with Gasteiger partial charge in [0, 0.05) is 6.04 Å². The van der Waals surface area contributed by atoms with Crippen LogP contribution in [0.1, 0.15) is 32.6 Å². The number of hydrogen-bond donors (Lipinski definition) is 1. The van der Waals surface area contributed by atoms with Gasteiger partial charge in [-0.2, -0.15) is 0 Å². The second-order valence-electron chi connectivity index (χ2n) is 6.39. The maximum absolute atomic E-state index is 5.54. The van der Waals surface area contributed by atoms with E-state index in [0.717, 1.165) is 17.4 Å². The number of hydrogen-bond acceptors (Lipinski definition) is 2. The molecule has 2 aromatic rings. The van der Waals surface area contributed by atoms with E-state index in [0.29, 0.717) is 6.04 Å². The van der Waals surface area contributed by atoms with E-state index >= 15 is 0 Å². The zero-order valence-electron chi connectivity index (χ0n) is 13.5. The Kier molecular flexibility index (Phi) is 4.67. The zero-order valence-corrected chi connectivity index (χ0v) is 13.5. The number of benzene rings is 2. The molecule has 2 atom stereocenters. The predicted octanol–water partition coefficient (Wildman–Crippen LogP) is 5.35. The summed E-state index contributed by atoms with van der Waals surface area (Å²) in [6, 6.07) is 17.5. The molecule has 0 aromatic heterocycles. The molecule has 22 heavy (non-hydrogen) atoms. The molecule has 1 aliphatic carbocycles. The molecule has 0 aliphatic heterocycles. The van der Waals surface area contributed by atoms with Crippen LogP contribution in [0.3, 0.4) is 0 Å². The first-order chi connectivity index (χ1) is 10.8. The van der Waals surface area contributed by atoms with Gasteiger partial charge < -0.3 is 10.1 Å². The van der Waals surface area contributed by atoms with E-state index in [9.17, 15) is 0 Å². The summed E-state index contributed by atoms with van der Waals surface area (Å²) in [4.78, 5) is 0. The predicted molar refractivity (Wildman–Crippen MR) is 93.5 cm³/mol. The van der Waals surface area contributed by atoms with Crippen LogP contribution < -0.4 is 10.1 Å². The molecule has 116 valence electrons. The molecule has 1 N–H and O–H groups in total. The Bertz CT molecular complexity index is 608. The Morgan fingerprint density at radius 3 is 2.55 bits per heavy atom. The number of nitrogens with one attached hydrogen (secondary N) is 1. The second-order valence-corrected chi connectivity index (χ2v) is 6.39. The van der Waals surface area contributed by atoms with E-state index in [4.69, 9.17) is 4.74 Å². The van der Waals surface area contributed by atoms with Crippen molar-refractivity contribution in [3.05, 3.63) is 48.5 Å². The number of rotatable bonds is 4. The van der Waals surface area contributed by atoms with Gasteiger partial charge >= 0.3 is 0 Å². The Morgan fingerprint density at radius 1 is 1.00 bits per heavy atom. The van der Waals surface area contributed by atoms with Gasteiger partial charge in [-0.15, -0.1) is 0 Å². The summed E-state index contributed by atoms with van der Waals surface area (Å²) in [5, 5.41) is 3.72. The topological polar surface area (TPSA) is 21.3 Å². The number of ether oxygens (including phenoxy) is 1. The van der Waals surface area contributed by atoms with Crippen LogP contribution in [0, 0.1) is 5.92 Å². The normalized spacial score (nSPS) is 21.4. The molecular formula is C20H25NO. The highest BCUT2D eigenvalue weighted by molar-refractivity contribution is 5.72. The highest BCUT2D eigenvalue weighted by atomic mass is 16.5.